The topological polar surface area (TPSA) is 61.4 Å². The van der Waals surface area contributed by atoms with Crippen LogP contribution in [0, 0.1) is 5.92 Å². The highest BCUT2D eigenvalue weighted by atomic mass is 16.2. The van der Waals surface area contributed by atoms with E-state index in [1.807, 2.05) is 67.3 Å². The SMILES string of the molecule is CCNC(=O)N1CC(C(=O)NC(C)c2ccccc2)CCC1c1ccccc1. The Bertz CT molecular complexity index is 779. The first kappa shape index (κ1) is 19.9. The number of urea groups is 1. The minimum Gasteiger partial charge on any atom is -0.349 e. The molecule has 0 aliphatic carbocycles. The van der Waals surface area contributed by atoms with Gasteiger partial charge in [0, 0.05) is 13.1 Å². The lowest BCUT2D eigenvalue weighted by atomic mass is 9.88. The third kappa shape index (κ3) is 4.71. The Hall–Kier alpha value is -2.82. The number of nitrogens with zero attached hydrogens (tertiary/aromatic N) is 1. The zero-order chi connectivity index (χ0) is 19.9. The van der Waals surface area contributed by atoms with Crippen molar-refractivity contribution >= 4 is 11.9 Å². The quantitative estimate of drug-likeness (QED) is 0.823. The van der Waals surface area contributed by atoms with E-state index in [0.29, 0.717) is 13.1 Å². The van der Waals surface area contributed by atoms with Crippen LogP contribution in [0.3, 0.4) is 0 Å². The number of amides is 3. The molecule has 5 nitrogen and oxygen atoms in total. The van der Waals surface area contributed by atoms with Crippen molar-refractivity contribution in [3.8, 4) is 0 Å². The molecule has 0 saturated carbocycles. The van der Waals surface area contributed by atoms with Crippen molar-refractivity contribution < 1.29 is 9.59 Å². The molecule has 148 valence electrons. The van der Waals surface area contributed by atoms with Gasteiger partial charge < -0.3 is 15.5 Å². The number of carbonyl (C=O) groups is 2. The smallest absolute Gasteiger partial charge is 0.317 e. The van der Waals surface area contributed by atoms with Gasteiger partial charge in [-0.3, -0.25) is 4.79 Å². The first-order valence-electron chi connectivity index (χ1n) is 10.0. The van der Waals surface area contributed by atoms with Gasteiger partial charge in [0.2, 0.25) is 5.91 Å². The number of hydrogen-bond donors (Lipinski definition) is 2. The van der Waals surface area contributed by atoms with Gasteiger partial charge in [0.25, 0.3) is 0 Å². The van der Waals surface area contributed by atoms with Crippen molar-refractivity contribution in [2.45, 2.75) is 38.8 Å². The number of carbonyl (C=O) groups excluding carboxylic acids is 2. The fourth-order valence-electron chi connectivity index (χ4n) is 3.84. The molecule has 0 aromatic heterocycles. The Morgan fingerprint density at radius 3 is 2.32 bits per heavy atom. The Morgan fingerprint density at radius 2 is 1.68 bits per heavy atom. The summed E-state index contributed by atoms with van der Waals surface area (Å²) in [4.78, 5) is 27.4. The van der Waals surface area contributed by atoms with E-state index >= 15 is 0 Å². The van der Waals surface area contributed by atoms with Crippen LogP contribution in [0.5, 0.6) is 0 Å². The Balaban J connectivity index is 1.70. The number of benzene rings is 2. The summed E-state index contributed by atoms with van der Waals surface area (Å²) in [5, 5.41) is 6.01. The summed E-state index contributed by atoms with van der Waals surface area (Å²) in [5.41, 5.74) is 2.19. The molecule has 2 N–H and O–H groups in total. The summed E-state index contributed by atoms with van der Waals surface area (Å²) < 4.78 is 0. The summed E-state index contributed by atoms with van der Waals surface area (Å²) in [7, 11) is 0. The van der Waals surface area contributed by atoms with Crippen LogP contribution in [-0.4, -0.2) is 29.9 Å². The van der Waals surface area contributed by atoms with Gasteiger partial charge in [-0.2, -0.15) is 0 Å². The first-order valence-corrected chi connectivity index (χ1v) is 10.0. The minimum absolute atomic E-state index is 0.00310. The van der Waals surface area contributed by atoms with Gasteiger partial charge >= 0.3 is 6.03 Å². The van der Waals surface area contributed by atoms with E-state index in [2.05, 4.69) is 22.8 Å². The third-order valence-electron chi connectivity index (χ3n) is 5.38. The molecule has 1 aliphatic rings. The molecule has 5 heteroatoms. The summed E-state index contributed by atoms with van der Waals surface area (Å²) in [6.07, 6.45) is 1.54. The molecule has 1 heterocycles. The van der Waals surface area contributed by atoms with E-state index < -0.39 is 0 Å². The van der Waals surface area contributed by atoms with Crippen LogP contribution in [0.25, 0.3) is 0 Å². The monoisotopic (exact) mass is 379 g/mol. The molecule has 2 aromatic rings. The second-order valence-electron chi connectivity index (χ2n) is 7.33. The van der Waals surface area contributed by atoms with E-state index in [1.165, 1.54) is 0 Å². The highest BCUT2D eigenvalue weighted by Crippen LogP contribution is 2.33. The third-order valence-corrected chi connectivity index (χ3v) is 5.38. The van der Waals surface area contributed by atoms with Crippen LogP contribution in [0.1, 0.15) is 49.9 Å². The average molecular weight is 380 g/mol. The number of nitrogens with one attached hydrogen (secondary N) is 2. The molecule has 3 amide bonds. The fourth-order valence-corrected chi connectivity index (χ4v) is 3.84. The molecule has 2 aromatic carbocycles. The summed E-state index contributed by atoms with van der Waals surface area (Å²) in [5.74, 6) is -0.189. The maximum absolute atomic E-state index is 12.9. The number of piperidine rings is 1. The van der Waals surface area contributed by atoms with Crippen LogP contribution in [0.15, 0.2) is 60.7 Å². The van der Waals surface area contributed by atoms with E-state index in [1.54, 1.807) is 0 Å². The number of rotatable bonds is 5. The number of likely N-dealkylation sites (tertiary alicyclic amines) is 1. The lowest BCUT2D eigenvalue weighted by Gasteiger charge is -2.39. The van der Waals surface area contributed by atoms with Crippen LogP contribution >= 0.6 is 0 Å². The highest BCUT2D eigenvalue weighted by molar-refractivity contribution is 5.81. The van der Waals surface area contributed by atoms with E-state index in [9.17, 15) is 9.59 Å². The maximum Gasteiger partial charge on any atom is 0.317 e. The van der Waals surface area contributed by atoms with Crippen molar-refractivity contribution in [3.05, 3.63) is 71.8 Å². The molecule has 3 unspecified atom stereocenters. The molecule has 3 rings (SSSR count). The normalized spacial score (nSPS) is 20.3. The molecular formula is C23H29N3O2. The fraction of sp³-hybridized carbons (Fsp3) is 0.391. The summed E-state index contributed by atoms with van der Waals surface area (Å²) >= 11 is 0. The zero-order valence-electron chi connectivity index (χ0n) is 16.6. The molecule has 0 radical (unpaired) electrons. The van der Waals surface area contributed by atoms with Gasteiger partial charge in [-0.1, -0.05) is 60.7 Å². The Labute approximate surface area is 167 Å². The predicted molar refractivity (Wildman–Crippen MR) is 111 cm³/mol. The predicted octanol–water partition coefficient (Wildman–Crippen LogP) is 4.05. The van der Waals surface area contributed by atoms with Gasteiger partial charge in [-0.05, 0) is 37.8 Å². The second-order valence-corrected chi connectivity index (χ2v) is 7.33. The van der Waals surface area contributed by atoms with Crippen LogP contribution < -0.4 is 10.6 Å². The second kappa shape index (κ2) is 9.40. The van der Waals surface area contributed by atoms with Gasteiger partial charge in [0.15, 0.2) is 0 Å². The van der Waals surface area contributed by atoms with Crippen molar-refractivity contribution in [2.24, 2.45) is 5.92 Å². The summed E-state index contributed by atoms with van der Waals surface area (Å²) in [6.45, 7) is 4.90. The van der Waals surface area contributed by atoms with Crippen LogP contribution in [0.4, 0.5) is 4.79 Å². The van der Waals surface area contributed by atoms with Gasteiger partial charge in [-0.15, -0.1) is 0 Å². The van der Waals surface area contributed by atoms with Crippen LogP contribution in [-0.2, 0) is 4.79 Å². The minimum atomic E-state index is -0.200. The Kier molecular flexibility index (Phi) is 6.69. The molecule has 1 aliphatic heterocycles. The highest BCUT2D eigenvalue weighted by Gasteiger charge is 2.35. The lowest BCUT2D eigenvalue weighted by molar-refractivity contribution is -0.127. The molecule has 0 spiro atoms. The molecule has 0 bridgehead atoms. The standard InChI is InChI=1S/C23H29N3O2/c1-3-24-23(28)26-16-20(14-15-21(26)19-12-8-5-9-13-19)22(27)25-17(2)18-10-6-4-7-11-18/h4-13,17,20-21H,3,14-16H2,1-2H3,(H,24,28)(H,25,27). The molecular weight excluding hydrogens is 350 g/mol. The van der Waals surface area contributed by atoms with Crippen molar-refractivity contribution in [1.82, 2.24) is 15.5 Å². The maximum atomic E-state index is 12.9. The summed E-state index contributed by atoms with van der Waals surface area (Å²) in [6, 6.07) is 19.8. The van der Waals surface area contributed by atoms with E-state index in [0.717, 1.165) is 24.0 Å². The first-order chi connectivity index (χ1) is 13.6. The van der Waals surface area contributed by atoms with Crippen molar-refractivity contribution in [1.29, 1.82) is 0 Å². The van der Waals surface area contributed by atoms with Gasteiger partial charge in [-0.25, -0.2) is 4.79 Å². The zero-order valence-corrected chi connectivity index (χ0v) is 16.6. The largest absolute Gasteiger partial charge is 0.349 e. The van der Waals surface area contributed by atoms with Gasteiger partial charge in [0.1, 0.15) is 0 Å². The van der Waals surface area contributed by atoms with E-state index in [-0.39, 0.29) is 29.9 Å². The van der Waals surface area contributed by atoms with Crippen molar-refractivity contribution in [3.63, 3.8) is 0 Å². The molecule has 28 heavy (non-hydrogen) atoms. The lowest BCUT2D eigenvalue weighted by Crippen LogP contribution is -2.50. The van der Waals surface area contributed by atoms with E-state index in [4.69, 9.17) is 0 Å². The Morgan fingerprint density at radius 1 is 1.04 bits per heavy atom. The molecule has 1 fully saturated rings. The molecule has 1 saturated heterocycles. The van der Waals surface area contributed by atoms with Gasteiger partial charge in [0.05, 0.1) is 18.0 Å². The average Bonchev–Trinajstić information content (AvgIpc) is 2.74. The van der Waals surface area contributed by atoms with Crippen LogP contribution in [0.2, 0.25) is 0 Å². The molecule has 3 atom stereocenters. The number of hydrogen-bond acceptors (Lipinski definition) is 2. The van der Waals surface area contributed by atoms with Crippen molar-refractivity contribution in [2.75, 3.05) is 13.1 Å².